The number of hydrogen-bond donors (Lipinski definition) is 2. The van der Waals surface area contributed by atoms with Crippen molar-refractivity contribution in [3.8, 4) is 0 Å². The molecule has 1 amide bonds. The van der Waals surface area contributed by atoms with Crippen LogP contribution >= 0.6 is 11.3 Å². The zero-order valence-electron chi connectivity index (χ0n) is 21.3. The van der Waals surface area contributed by atoms with E-state index in [9.17, 15) is 4.79 Å². The highest BCUT2D eigenvalue weighted by Crippen LogP contribution is 2.43. The van der Waals surface area contributed by atoms with E-state index in [1.165, 1.54) is 48.2 Å². The third kappa shape index (κ3) is 4.36. The molecule has 1 aliphatic carbocycles. The summed E-state index contributed by atoms with van der Waals surface area (Å²) in [5.74, 6) is 1.78. The zero-order valence-corrected chi connectivity index (χ0v) is 22.1. The van der Waals surface area contributed by atoms with E-state index in [1.54, 1.807) is 0 Å². The number of amides is 1. The SMILES string of the molecule is Cc1nc2c(s1)[C@]1(C[NH2+]CC2)C[NH2+]CC1C(=O)N1CC[C@@H](c2ccccc2)C[C@H]1C1CCCCC1. The number of carbonyl (C=O) groups is 1. The number of hydrogen-bond acceptors (Lipinski definition) is 3. The van der Waals surface area contributed by atoms with Gasteiger partial charge in [0.1, 0.15) is 11.3 Å². The maximum atomic E-state index is 14.6. The summed E-state index contributed by atoms with van der Waals surface area (Å²) in [6.07, 6.45) is 9.89. The van der Waals surface area contributed by atoms with E-state index >= 15 is 0 Å². The Kier molecular flexibility index (Phi) is 6.72. The molecule has 2 saturated heterocycles. The second-order valence-electron chi connectivity index (χ2n) is 11.6. The average Bonchev–Trinajstić information content (AvgIpc) is 3.46. The lowest BCUT2D eigenvalue weighted by atomic mass is 9.72. The molecule has 35 heavy (non-hydrogen) atoms. The number of aromatic nitrogens is 1. The fourth-order valence-electron chi connectivity index (χ4n) is 7.87. The molecular formula is C29H42N4OS+2. The Labute approximate surface area is 214 Å². The zero-order chi connectivity index (χ0) is 23.8. The topological polar surface area (TPSA) is 66.4 Å². The summed E-state index contributed by atoms with van der Waals surface area (Å²) in [6, 6.07) is 11.5. The van der Waals surface area contributed by atoms with Gasteiger partial charge in [-0.2, -0.15) is 0 Å². The Morgan fingerprint density at radius 2 is 1.89 bits per heavy atom. The van der Waals surface area contributed by atoms with Crippen LogP contribution in [-0.4, -0.2) is 54.6 Å². The van der Waals surface area contributed by atoms with Crippen LogP contribution in [0.1, 0.15) is 72.0 Å². The van der Waals surface area contributed by atoms with Gasteiger partial charge >= 0.3 is 0 Å². The van der Waals surface area contributed by atoms with Crippen molar-refractivity contribution in [2.75, 3.05) is 32.7 Å². The number of rotatable bonds is 3. The normalized spacial score (nSPS) is 31.9. The number of carbonyl (C=O) groups excluding carboxylic acids is 1. The predicted molar refractivity (Wildman–Crippen MR) is 140 cm³/mol. The number of likely N-dealkylation sites (tertiary alicyclic amines) is 1. The first-order valence-electron chi connectivity index (χ1n) is 14.1. The maximum absolute atomic E-state index is 14.6. The molecule has 2 aromatic rings. The van der Waals surface area contributed by atoms with Crippen molar-refractivity contribution >= 4 is 17.2 Å². The molecule has 1 aromatic heterocycles. The number of fused-ring (bicyclic) bond motifs is 2. The van der Waals surface area contributed by atoms with Gasteiger partial charge in [0.25, 0.3) is 0 Å². The first-order chi connectivity index (χ1) is 17.2. The lowest BCUT2D eigenvalue weighted by Crippen LogP contribution is -2.90. The Balaban J connectivity index is 1.31. The van der Waals surface area contributed by atoms with Crippen molar-refractivity contribution in [2.24, 2.45) is 11.8 Å². The van der Waals surface area contributed by atoms with E-state index in [2.05, 4.69) is 52.8 Å². The lowest BCUT2D eigenvalue weighted by Gasteiger charge is -2.46. The van der Waals surface area contributed by atoms with Gasteiger partial charge < -0.3 is 15.5 Å². The molecule has 3 fully saturated rings. The summed E-state index contributed by atoms with van der Waals surface area (Å²) < 4.78 is 0. The van der Waals surface area contributed by atoms with Crippen LogP contribution in [0.15, 0.2) is 30.3 Å². The van der Waals surface area contributed by atoms with Gasteiger partial charge in [0.2, 0.25) is 5.91 Å². The molecule has 0 radical (unpaired) electrons. The molecule has 4 aliphatic rings. The van der Waals surface area contributed by atoms with Crippen molar-refractivity contribution in [3.05, 3.63) is 51.5 Å². The second-order valence-corrected chi connectivity index (χ2v) is 12.8. The third-order valence-corrected chi connectivity index (χ3v) is 10.9. The minimum Gasteiger partial charge on any atom is -0.345 e. The molecular weight excluding hydrogens is 452 g/mol. The van der Waals surface area contributed by atoms with Crippen LogP contribution in [0.4, 0.5) is 0 Å². The van der Waals surface area contributed by atoms with Gasteiger partial charge in [-0.25, -0.2) is 4.98 Å². The largest absolute Gasteiger partial charge is 0.345 e. The molecule has 1 spiro atoms. The van der Waals surface area contributed by atoms with Crippen molar-refractivity contribution in [3.63, 3.8) is 0 Å². The highest BCUT2D eigenvalue weighted by Gasteiger charge is 2.57. The van der Waals surface area contributed by atoms with Crippen LogP contribution in [0.3, 0.4) is 0 Å². The average molecular weight is 495 g/mol. The van der Waals surface area contributed by atoms with Gasteiger partial charge in [-0.15, -0.1) is 11.3 Å². The predicted octanol–water partition coefficient (Wildman–Crippen LogP) is 2.36. The summed E-state index contributed by atoms with van der Waals surface area (Å²) in [5, 5.41) is 6.05. The Morgan fingerprint density at radius 1 is 1.09 bits per heavy atom. The molecule has 6 heteroatoms. The molecule has 188 valence electrons. The summed E-state index contributed by atoms with van der Waals surface area (Å²) in [6.45, 7) is 7.14. The Bertz CT molecular complexity index is 1030. The van der Waals surface area contributed by atoms with Gasteiger partial charge in [0.05, 0.1) is 36.9 Å². The fourth-order valence-corrected chi connectivity index (χ4v) is 9.10. The number of thiazole rings is 1. The van der Waals surface area contributed by atoms with Crippen LogP contribution < -0.4 is 10.6 Å². The number of nitrogens with zero attached hydrogens (tertiary/aromatic N) is 2. The van der Waals surface area contributed by atoms with Gasteiger partial charge in [-0.3, -0.25) is 4.79 Å². The minimum absolute atomic E-state index is 0.0533. The molecule has 4 heterocycles. The van der Waals surface area contributed by atoms with E-state index in [0.717, 1.165) is 57.0 Å². The monoisotopic (exact) mass is 494 g/mol. The van der Waals surface area contributed by atoms with E-state index in [1.807, 2.05) is 11.3 Å². The number of piperidine rings is 1. The number of aryl methyl sites for hydroxylation is 1. The van der Waals surface area contributed by atoms with E-state index in [0.29, 0.717) is 23.8 Å². The molecule has 1 unspecified atom stereocenters. The van der Waals surface area contributed by atoms with Gasteiger partial charge in [-0.05, 0) is 50.0 Å². The third-order valence-electron chi connectivity index (χ3n) is 9.62. The highest BCUT2D eigenvalue weighted by molar-refractivity contribution is 7.11. The summed E-state index contributed by atoms with van der Waals surface area (Å²) >= 11 is 1.87. The highest BCUT2D eigenvalue weighted by atomic mass is 32.1. The molecule has 4 N–H and O–H groups in total. The van der Waals surface area contributed by atoms with Crippen molar-refractivity contribution < 1.29 is 15.4 Å². The summed E-state index contributed by atoms with van der Waals surface area (Å²) in [5.41, 5.74) is 2.69. The van der Waals surface area contributed by atoms with Crippen LogP contribution in [0, 0.1) is 18.8 Å². The van der Waals surface area contributed by atoms with Crippen LogP contribution in [0.5, 0.6) is 0 Å². The quantitative estimate of drug-likeness (QED) is 0.688. The minimum atomic E-state index is -0.0533. The van der Waals surface area contributed by atoms with E-state index in [4.69, 9.17) is 4.98 Å². The number of quaternary nitrogens is 2. The first-order valence-corrected chi connectivity index (χ1v) is 14.9. The fraction of sp³-hybridized carbons (Fsp3) is 0.655. The maximum Gasteiger partial charge on any atom is 0.233 e. The van der Waals surface area contributed by atoms with E-state index < -0.39 is 0 Å². The molecule has 1 saturated carbocycles. The molecule has 0 bridgehead atoms. The number of benzene rings is 1. The van der Waals surface area contributed by atoms with E-state index in [-0.39, 0.29) is 11.3 Å². The first kappa shape index (κ1) is 23.6. The van der Waals surface area contributed by atoms with Crippen LogP contribution in [0.25, 0.3) is 0 Å². The summed E-state index contributed by atoms with van der Waals surface area (Å²) in [4.78, 5) is 23.3. The molecule has 4 atom stereocenters. The number of nitrogens with two attached hydrogens (primary N) is 2. The van der Waals surface area contributed by atoms with Gasteiger partial charge in [0, 0.05) is 23.9 Å². The molecule has 5 nitrogen and oxygen atoms in total. The van der Waals surface area contributed by atoms with Crippen molar-refractivity contribution in [1.82, 2.24) is 9.88 Å². The van der Waals surface area contributed by atoms with Gasteiger partial charge in [-0.1, -0.05) is 49.6 Å². The second kappa shape index (κ2) is 9.95. The molecule has 6 rings (SSSR count). The molecule has 3 aliphatic heterocycles. The van der Waals surface area contributed by atoms with Crippen molar-refractivity contribution in [2.45, 2.75) is 75.7 Å². The van der Waals surface area contributed by atoms with Crippen LogP contribution in [0.2, 0.25) is 0 Å². The Hall–Kier alpha value is -1.76. The van der Waals surface area contributed by atoms with Crippen molar-refractivity contribution in [1.29, 1.82) is 0 Å². The molecule has 1 aromatic carbocycles. The smallest absolute Gasteiger partial charge is 0.233 e. The summed E-state index contributed by atoms with van der Waals surface area (Å²) in [7, 11) is 0. The van der Waals surface area contributed by atoms with Gasteiger partial charge in [0.15, 0.2) is 0 Å². The standard InChI is InChI=1S/C29H40N4OS/c1-20-32-25-12-14-30-18-29(27(25)35-20)19-31-17-24(29)28(34)33-15-13-23(21-8-4-2-5-9-21)16-26(33)22-10-6-3-7-11-22/h2,4-5,8-9,22-24,26,30-31H,3,6-7,10-19H2,1H3/p+2/t23-,24?,26+,29-/m1/s1. The van der Waals surface area contributed by atoms with Crippen LogP contribution in [-0.2, 0) is 16.6 Å². The Morgan fingerprint density at radius 3 is 2.71 bits per heavy atom. The lowest BCUT2D eigenvalue weighted by molar-refractivity contribution is -0.672.